The van der Waals surface area contributed by atoms with Gasteiger partial charge in [-0.25, -0.2) is 9.48 Å². The van der Waals surface area contributed by atoms with Crippen LogP contribution in [0.4, 0.5) is 10.5 Å². The Labute approximate surface area is 135 Å². The van der Waals surface area contributed by atoms with Crippen molar-refractivity contribution in [2.45, 2.75) is 45.7 Å². The second-order valence-electron chi connectivity index (χ2n) is 6.39. The second kappa shape index (κ2) is 6.36. The number of aromatic nitrogens is 4. The molecular formula is C16H22N6O. The first-order valence-corrected chi connectivity index (χ1v) is 8.00. The quantitative estimate of drug-likeness (QED) is 0.888. The molecule has 2 N–H and O–H groups in total. The smallest absolute Gasteiger partial charge is 0.319 e. The molecule has 23 heavy (non-hydrogen) atoms. The van der Waals surface area contributed by atoms with Crippen molar-refractivity contribution in [1.29, 1.82) is 0 Å². The zero-order chi connectivity index (χ0) is 16.4. The molecule has 1 aliphatic rings. The average Bonchev–Trinajstić information content (AvgIpc) is 3.25. The van der Waals surface area contributed by atoms with Crippen LogP contribution >= 0.6 is 0 Å². The van der Waals surface area contributed by atoms with Crippen molar-refractivity contribution in [2.24, 2.45) is 5.92 Å². The summed E-state index contributed by atoms with van der Waals surface area (Å²) in [5, 5.41) is 17.7. The highest BCUT2D eigenvalue weighted by Crippen LogP contribution is 2.36. The van der Waals surface area contributed by atoms with Gasteiger partial charge in [-0.3, -0.25) is 0 Å². The highest BCUT2D eigenvalue weighted by Gasteiger charge is 2.28. The van der Waals surface area contributed by atoms with Crippen molar-refractivity contribution in [3.8, 4) is 11.4 Å². The molecule has 7 heteroatoms. The van der Waals surface area contributed by atoms with E-state index in [-0.39, 0.29) is 12.1 Å². The number of tetrazole rings is 1. The number of carbonyl (C=O) groups is 1. The molecule has 2 aromatic rings. The van der Waals surface area contributed by atoms with Gasteiger partial charge in [-0.1, -0.05) is 13.8 Å². The van der Waals surface area contributed by atoms with Crippen molar-refractivity contribution in [1.82, 2.24) is 25.5 Å². The molecule has 0 spiro atoms. The Kier molecular flexibility index (Phi) is 4.27. The highest BCUT2D eigenvalue weighted by atomic mass is 16.2. The fourth-order valence-electron chi connectivity index (χ4n) is 2.19. The van der Waals surface area contributed by atoms with Crippen LogP contribution in [0.2, 0.25) is 0 Å². The molecule has 0 radical (unpaired) electrons. The van der Waals surface area contributed by atoms with E-state index in [0.29, 0.717) is 12.0 Å². The van der Waals surface area contributed by atoms with Crippen LogP contribution in [-0.4, -0.2) is 32.3 Å². The van der Waals surface area contributed by atoms with Crippen LogP contribution in [0.5, 0.6) is 0 Å². The lowest BCUT2D eigenvalue weighted by Crippen LogP contribution is -2.38. The number of amides is 2. The molecule has 1 aliphatic carbocycles. The molecule has 1 heterocycles. The van der Waals surface area contributed by atoms with Gasteiger partial charge in [0.2, 0.25) is 0 Å². The van der Waals surface area contributed by atoms with Crippen molar-refractivity contribution in [3.63, 3.8) is 0 Å². The van der Waals surface area contributed by atoms with Crippen molar-refractivity contribution in [3.05, 3.63) is 24.3 Å². The Hall–Kier alpha value is -2.44. The number of carbonyl (C=O) groups excluding carboxylic acids is 1. The molecule has 1 aromatic heterocycles. The zero-order valence-corrected chi connectivity index (χ0v) is 13.7. The lowest BCUT2D eigenvalue weighted by atomic mass is 10.1. The Morgan fingerprint density at radius 1 is 1.22 bits per heavy atom. The second-order valence-corrected chi connectivity index (χ2v) is 6.39. The first-order chi connectivity index (χ1) is 11.0. The standard InChI is InChI=1S/C16H22N6O/c1-10(2)11(3)17-16(23)18-13-6-4-12(5-7-13)15-19-20-21-22(15)14-8-9-14/h4-7,10-11,14H,8-9H2,1-3H3,(H2,17,18,23)/t11-/m1/s1. The minimum atomic E-state index is -0.193. The monoisotopic (exact) mass is 314 g/mol. The van der Waals surface area contributed by atoms with Gasteiger partial charge < -0.3 is 10.6 Å². The normalized spacial score (nSPS) is 15.5. The largest absolute Gasteiger partial charge is 0.335 e. The lowest BCUT2D eigenvalue weighted by Gasteiger charge is -2.17. The molecule has 0 unspecified atom stereocenters. The summed E-state index contributed by atoms with van der Waals surface area (Å²) in [7, 11) is 0. The third-order valence-electron chi connectivity index (χ3n) is 4.15. The first kappa shape index (κ1) is 15.5. The van der Waals surface area contributed by atoms with E-state index in [1.165, 1.54) is 0 Å². The maximum atomic E-state index is 11.9. The van der Waals surface area contributed by atoms with Gasteiger partial charge in [0.15, 0.2) is 5.82 Å². The van der Waals surface area contributed by atoms with Gasteiger partial charge in [-0.2, -0.15) is 0 Å². The van der Waals surface area contributed by atoms with Crippen molar-refractivity contribution in [2.75, 3.05) is 5.32 Å². The SMILES string of the molecule is CC(C)[C@@H](C)NC(=O)Nc1ccc(-c2nnnn2C2CC2)cc1. The summed E-state index contributed by atoms with van der Waals surface area (Å²) in [4.78, 5) is 11.9. The van der Waals surface area contributed by atoms with E-state index < -0.39 is 0 Å². The van der Waals surface area contributed by atoms with E-state index in [2.05, 4.69) is 40.0 Å². The van der Waals surface area contributed by atoms with Crippen LogP contribution in [0, 0.1) is 5.92 Å². The van der Waals surface area contributed by atoms with Crippen molar-refractivity contribution >= 4 is 11.7 Å². The predicted octanol–water partition coefficient (Wildman–Crippen LogP) is 2.84. The summed E-state index contributed by atoms with van der Waals surface area (Å²) >= 11 is 0. The number of nitrogens with one attached hydrogen (secondary N) is 2. The number of rotatable bonds is 5. The van der Waals surface area contributed by atoms with Gasteiger partial charge in [0.1, 0.15) is 0 Å². The Balaban J connectivity index is 1.65. The summed E-state index contributed by atoms with van der Waals surface area (Å²) < 4.78 is 1.87. The van der Waals surface area contributed by atoms with Crippen LogP contribution in [0.15, 0.2) is 24.3 Å². The molecule has 2 amide bonds. The highest BCUT2D eigenvalue weighted by molar-refractivity contribution is 5.89. The summed E-state index contributed by atoms with van der Waals surface area (Å²) in [6.07, 6.45) is 2.26. The molecule has 0 saturated heterocycles. The van der Waals surface area contributed by atoms with E-state index in [0.717, 1.165) is 29.9 Å². The molecule has 122 valence electrons. The minimum Gasteiger partial charge on any atom is -0.335 e. The van der Waals surface area contributed by atoms with Gasteiger partial charge in [0, 0.05) is 17.3 Å². The average molecular weight is 314 g/mol. The molecule has 0 aliphatic heterocycles. The number of anilines is 1. The third-order valence-corrected chi connectivity index (χ3v) is 4.15. The third kappa shape index (κ3) is 3.67. The van der Waals surface area contributed by atoms with Crippen molar-refractivity contribution < 1.29 is 4.79 Å². The molecule has 0 bridgehead atoms. The number of urea groups is 1. The van der Waals surface area contributed by atoms with Gasteiger partial charge >= 0.3 is 6.03 Å². The van der Waals surface area contributed by atoms with Gasteiger partial charge in [0.25, 0.3) is 0 Å². The minimum absolute atomic E-state index is 0.123. The van der Waals surface area contributed by atoms with E-state index >= 15 is 0 Å². The molecule has 1 atom stereocenters. The molecule has 7 nitrogen and oxygen atoms in total. The van der Waals surface area contributed by atoms with Gasteiger partial charge in [-0.05, 0) is 60.4 Å². The predicted molar refractivity (Wildman–Crippen MR) is 88.0 cm³/mol. The summed E-state index contributed by atoms with van der Waals surface area (Å²) in [6.45, 7) is 6.14. The zero-order valence-electron chi connectivity index (χ0n) is 13.7. The summed E-state index contributed by atoms with van der Waals surface area (Å²) in [6, 6.07) is 7.93. The Bertz CT molecular complexity index is 674. The van der Waals surface area contributed by atoms with Gasteiger partial charge in [0.05, 0.1) is 6.04 Å². The topological polar surface area (TPSA) is 84.7 Å². The first-order valence-electron chi connectivity index (χ1n) is 8.00. The number of nitrogens with zero attached hydrogens (tertiary/aromatic N) is 4. The van der Waals surface area contributed by atoms with E-state index in [1.807, 2.05) is 35.9 Å². The maximum Gasteiger partial charge on any atom is 0.319 e. The summed E-state index contributed by atoms with van der Waals surface area (Å²) in [5.74, 6) is 1.17. The lowest BCUT2D eigenvalue weighted by molar-refractivity contribution is 0.246. The van der Waals surface area contributed by atoms with E-state index in [9.17, 15) is 4.79 Å². The Morgan fingerprint density at radius 3 is 2.52 bits per heavy atom. The molecule has 3 rings (SSSR count). The molecule has 1 saturated carbocycles. The van der Waals surface area contributed by atoms with E-state index in [4.69, 9.17) is 0 Å². The molecule has 1 fully saturated rings. The fraction of sp³-hybridized carbons (Fsp3) is 0.500. The number of benzene rings is 1. The van der Waals surface area contributed by atoms with Crippen LogP contribution in [0.3, 0.4) is 0 Å². The molecule has 1 aromatic carbocycles. The van der Waals surface area contributed by atoms with E-state index in [1.54, 1.807) is 0 Å². The maximum absolute atomic E-state index is 11.9. The Morgan fingerprint density at radius 2 is 1.91 bits per heavy atom. The van der Waals surface area contributed by atoms with Crippen LogP contribution in [-0.2, 0) is 0 Å². The van der Waals surface area contributed by atoms with Crippen LogP contribution in [0.1, 0.15) is 39.7 Å². The van der Waals surface area contributed by atoms with Crippen LogP contribution < -0.4 is 10.6 Å². The number of hydrogen-bond donors (Lipinski definition) is 2. The van der Waals surface area contributed by atoms with Crippen LogP contribution in [0.25, 0.3) is 11.4 Å². The fourth-order valence-corrected chi connectivity index (χ4v) is 2.19. The summed E-state index contributed by atoms with van der Waals surface area (Å²) in [5.41, 5.74) is 1.69. The molecular weight excluding hydrogens is 292 g/mol. The number of hydrogen-bond acceptors (Lipinski definition) is 4. The van der Waals surface area contributed by atoms with Gasteiger partial charge in [-0.15, -0.1) is 5.10 Å².